The predicted octanol–water partition coefficient (Wildman–Crippen LogP) is 5.46. The van der Waals surface area contributed by atoms with Crippen LogP contribution in [0, 0.1) is 11.8 Å². The van der Waals surface area contributed by atoms with Gasteiger partial charge in [0.1, 0.15) is 11.9 Å². The summed E-state index contributed by atoms with van der Waals surface area (Å²) in [5, 5.41) is 9.16. The van der Waals surface area contributed by atoms with Crippen LogP contribution in [-0.2, 0) is 15.3 Å². The van der Waals surface area contributed by atoms with Gasteiger partial charge in [-0.25, -0.2) is 14.8 Å². The minimum Gasteiger partial charge on any atom is -0.478 e. The fourth-order valence-electron chi connectivity index (χ4n) is 5.59. The van der Waals surface area contributed by atoms with Crippen LogP contribution < -0.4 is 10.5 Å². The highest BCUT2D eigenvalue weighted by Gasteiger charge is 2.37. The maximum Gasteiger partial charge on any atom is 0.335 e. The Balaban J connectivity index is 1.17. The highest BCUT2D eigenvalue weighted by Crippen LogP contribution is 2.50. The molecule has 206 valence electrons. The number of hydrogen-bond acceptors (Lipinski definition) is 8. The van der Waals surface area contributed by atoms with Crippen molar-refractivity contribution in [2.24, 2.45) is 16.8 Å². The molecule has 1 saturated carbocycles. The van der Waals surface area contributed by atoms with Crippen LogP contribution in [0.25, 0.3) is 0 Å². The Morgan fingerprint density at radius 3 is 2.69 bits per heavy atom. The van der Waals surface area contributed by atoms with Crippen LogP contribution in [0.15, 0.2) is 59.4 Å². The summed E-state index contributed by atoms with van der Waals surface area (Å²) in [6, 6.07) is 6.07. The summed E-state index contributed by atoms with van der Waals surface area (Å²) < 4.78 is 24.5. The molecule has 1 aliphatic heterocycles. The lowest BCUT2D eigenvalue weighted by atomic mass is 9.75. The van der Waals surface area contributed by atoms with Crippen molar-refractivity contribution in [1.29, 1.82) is 0 Å². The number of carboxylic acid groups (broad SMARTS) is 1. The second kappa shape index (κ2) is 10.7. The topological polar surface area (TPSA) is 157 Å². The van der Waals surface area contributed by atoms with Crippen molar-refractivity contribution in [2.45, 2.75) is 63.8 Å². The van der Waals surface area contributed by atoms with E-state index in [1.807, 2.05) is 13.8 Å². The van der Waals surface area contributed by atoms with Gasteiger partial charge in [-0.3, -0.25) is 4.57 Å². The van der Waals surface area contributed by atoms with Gasteiger partial charge in [-0.15, -0.1) is 0 Å². The van der Waals surface area contributed by atoms with Crippen LogP contribution in [0.3, 0.4) is 0 Å². The Kier molecular flexibility index (Phi) is 7.46. The van der Waals surface area contributed by atoms with Gasteiger partial charge >= 0.3 is 13.6 Å². The van der Waals surface area contributed by atoms with E-state index in [1.165, 1.54) is 18.5 Å². The molecular formula is C28H33N4O6P. The molecule has 1 aromatic carbocycles. The molecule has 3 aliphatic rings. The van der Waals surface area contributed by atoms with Gasteiger partial charge in [0.25, 0.3) is 0 Å². The lowest BCUT2D eigenvalue weighted by Gasteiger charge is -2.35. The zero-order valence-corrected chi connectivity index (χ0v) is 22.9. The van der Waals surface area contributed by atoms with E-state index in [2.05, 4.69) is 28.2 Å². The second-order valence-electron chi connectivity index (χ2n) is 10.8. The molecule has 2 heterocycles. The molecular weight excluding hydrogens is 519 g/mol. The number of nitrogens with zero attached hydrogens (tertiary/aromatic N) is 3. The lowest BCUT2D eigenvalue weighted by Crippen LogP contribution is -2.41. The molecule has 2 aliphatic carbocycles. The number of aromatic carboxylic acids is 1. The van der Waals surface area contributed by atoms with E-state index in [0.717, 1.165) is 30.5 Å². The summed E-state index contributed by atoms with van der Waals surface area (Å²) in [5.74, 6) is 0.409. The average Bonchev–Trinajstić information content (AvgIpc) is 2.88. The zero-order chi connectivity index (χ0) is 27.8. The van der Waals surface area contributed by atoms with Gasteiger partial charge in [-0.2, -0.15) is 4.98 Å². The maximum absolute atomic E-state index is 12.8. The maximum atomic E-state index is 12.8. The first kappa shape index (κ1) is 27.2. The Bertz CT molecular complexity index is 1410. The van der Waals surface area contributed by atoms with Gasteiger partial charge in [-0.05, 0) is 81.1 Å². The molecule has 10 nitrogen and oxygen atoms in total. The predicted molar refractivity (Wildman–Crippen MR) is 147 cm³/mol. The van der Waals surface area contributed by atoms with Gasteiger partial charge in [0.2, 0.25) is 5.88 Å². The van der Waals surface area contributed by atoms with Crippen molar-refractivity contribution in [3.8, 4) is 5.88 Å². The van der Waals surface area contributed by atoms with Crippen LogP contribution in [0.4, 0.5) is 11.5 Å². The molecule has 0 saturated heterocycles. The van der Waals surface area contributed by atoms with Crippen LogP contribution >= 0.6 is 7.60 Å². The third-order valence-corrected chi connectivity index (χ3v) is 8.96. The lowest BCUT2D eigenvalue weighted by molar-refractivity contribution is 0.0696. The number of rotatable bonds is 7. The summed E-state index contributed by atoms with van der Waals surface area (Å²) in [5.41, 5.74) is 8.13. The molecule has 0 spiro atoms. The molecule has 0 bridgehead atoms. The van der Waals surface area contributed by atoms with Crippen molar-refractivity contribution >= 4 is 30.8 Å². The number of nitrogen functional groups attached to an aromatic ring is 1. The number of aromatic nitrogens is 2. The fraction of sp³-hybridized carbons (Fsp3) is 0.429. The minimum absolute atomic E-state index is 0.0837. The Morgan fingerprint density at radius 1 is 1.23 bits per heavy atom. The number of fused-ring (bicyclic) bond motifs is 1. The van der Waals surface area contributed by atoms with Gasteiger partial charge in [-0.1, -0.05) is 30.4 Å². The molecule has 2 atom stereocenters. The first-order valence-electron chi connectivity index (χ1n) is 13.1. The molecule has 1 aromatic heterocycles. The third kappa shape index (κ3) is 6.13. The van der Waals surface area contributed by atoms with Gasteiger partial charge in [0.05, 0.1) is 23.5 Å². The first-order valence-corrected chi connectivity index (χ1v) is 14.9. The highest BCUT2D eigenvalue weighted by molar-refractivity contribution is 7.52. The molecule has 4 N–H and O–H groups in total. The van der Waals surface area contributed by atoms with Crippen molar-refractivity contribution in [2.75, 3.05) is 5.73 Å². The molecule has 1 fully saturated rings. The van der Waals surface area contributed by atoms with E-state index in [1.54, 1.807) is 12.1 Å². The molecule has 39 heavy (non-hydrogen) atoms. The van der Waals surface area contributed by atoms with Crippen molar-refractivity contribution < 1.29 is 28.6 Å². The highest BCUT2D eigenvalue weighted by atomic mass is 31.2. The summed E-state index contributed by atoms with van der Waals surface area (Å²) in [6.07, 6.45) is 11.4. The molecule has 2 unspecified atom stereocenters. The summed E-state index contributed by atoms with van der Waals surface area (Å²) >= 11 is 0. The van der Waals surface area contributed by atoms with Crippen molar-refractivity contribution in [3.63, 3.8) is 0 Å². The van der Waals surface area contributed by atoms with Crippen LogP contribution in [0.5, 0.6) is 5.88 Å². The van der Waals surface area contributed by atoms with Crippen molar-refractivity contribution in [1.82, 2.24) is 9.97 Å². The van der Waals surface area contributed by atoms with Crippen LogP contribution in [0.1, 0.15) is 61.9 Å². The number of nitrogens with two attached hydrogens (primary N) is 1. The monoisotopic (exact) mass is 552 g/mol. The first-order chi connectivity index (χ1) is 18.5. The Hall–Kier alpha value is -3.33. The van der Waals surface area contributed by atoms with E-state index in [0.29, 0.717) is 41.8 Å². The Morgan fingerprint density at radius 2 is 2.00 bits per heavy atom. The summed E-state index contributed by atoms with van der Waals surface area (Å²) in [4.78, 5) is 34.6. The third-order valence-electron chi connectivity index (χ3n) is 7.56. The average molecular weight is 553 g/mol. The standard InChI is InChI=1S/C28H33N4O6P/c1-28(2)24(32-23-25(29)30-16-31-26(23)37-28)20-8-6-18(7-9-20)19-10-12-22(13-11-19)38-39(35,36)15-17-4-3-5-21(14-17)27(33)34/h3-6,8-9,14,16,18-19,22H,7,10-13,15H2,1-2H3,(H,33,34)(H,35,36)(H2,29,30,31). The molecule has 5 rings (SSSR count). The molecule has 0 amide bonds. The number of aliphatic imine (C=N–C) groups is 1. The summed E-state index contributed by atoms with van der Waals surface area (Å²) in [6.45, 7) is 3.91. The minimum atomic E-state index is -3.91. The molecule has 0 radical (unpaired) electrons. The SMILES string of the molecule is CC1(C)Oc2ncnc(N)c2N=C1C1=CCC(C2CCC(OP(=O)(O)Cc3cccc(C(=O)O)c3)CC2)C=C1. The number of allylic oxidation sites excluding steroid dienone is 3. The zero-order valence-electron chi connectivity index (χ0n) is 22.0. The van der Waals surface area contributed by atoms with Crippen LogP contribution in [-0.4, -0.2) is 43.4 Å². The number of hydrogen-bond donors (Lipinski definition) is 3. The summed E-state index contributed by atoms with van der Waals surface area (Å²) in [7, 11) is -3.91. The number of carbonyl (C=O) groups is 1. The number of ether oxygens (including phenoxy) is 1. The number of carboxylic acids is 1. The second-order valence-corrected chi connectivity index (χ2v) is 12.6. The number of benzene rings is 1. The van der Waals surface area contributed by atoms with E-state index in [9.17, 15) is 14.3 Å². The Labute approximate surface area is 227 Å². The largest absolute Gasteiger partial charge is 0.478 e. The normalized spacial score (nSPS) is 25.5. The van der Waals surface area contributed by atoms with Gasteiger partial charge < -0.3 is 25.0 Å². The van der Waals surface area contributed by atoms with Gasteiger partial charge in [0.15, 0.2) is 11.5 Å². The van der Waals surface area contributed by atoms with Gasteiger partial charge in [0, 0.05) is 0 Å². The van der Waals surface area contributed by atoms with E-state index < -0.39 is 19.2 Å². The number of anilines is 1. The van der Waals surface area contributed by atoms with E-state index in [4.69, 9.17) is 25.1 Å². The van der Waals surface area contributed by atoms with Crippen LogP contribution in [0.2, 0.25) is 0 Å². The quantitative estimate of drug-likeness (QED) is 0.379. The molecule has 2 aromatic rings. The van der Waals surface area contributed by atoms with E-state index in [-0.39, 0.29) is 23.6 Å². The fourth-order valence-corrected chi connectivity index (χ4v) is 7.00. The molecule has 11 heteroatoms. The van der Waals surface area contributed by atoms with Crippen molar-refractivity contribution in [3.05, 3.63) is 65.5 Å². The smallest absolute Gasteiger partial charge is 0.335 e. The van der Waals surface area contributed by atoms with E-state index >= 15 is 0 Å².